The molecule has 0 atom stereocenters. The summed E-state index contributed by atoms with van der Waals surface area (Å²) in [6.45, 7) is 3.36. The third-order valence-corrected chi connectivity index (χ3v) is 5.81. The average molecular weight is 329 g/mol. The Kier molecular flexibility index (Phi) is 5.46. The number of anilines is 1. The van der Waals surface area contributed by atoms with Crippen LogP contribution in [0.3, 0.4) is 0 Å². The number of nitrogens with zero attached hydrogens (tertiary/aromatic N) is 2. The van der Waals surface area contributed by atoms with Crippen LogP contribution in [-0.2, 0) is 14.6 Å². The number of amides is 1. The number of hydrogen-bond donors (Lipinski definition) is 1. The molecule has 116 valence electrons. The molecular weight excluding hydrogens is 310 g/mol. The smallest absolute Gasteiger partial charge is 0.241 e. The van der Waals surface area contributed by atoms with Crippen LogP contribution in [-0.4, -0.2) is 36.0 Å². The summed E-state index contributed by atoms with van der Waals surface area (Å²) in [6, 6.07) is 0. The maximum atomic E-state index is 11.7. The Hall–Kier alpha value is -1.28. The Morgan fingerprint density at radius 2 is 2.05 bits per heavy atom. The van der Waals surface area contributed by atoms with Gasteiger partial charge in [0, 0.05) is 5.92 Å². The second-order valence-electron chi connectivity index (χ2n) is 5.17. The van der Waals surface area contributed by atoms with Crippen molar-refractivity contribution < 1.29 is 13.2 Å². The lowest BCUT2D eigenvalue weighted by atomic mass is 9.90. The number of nitrogens with one attached hydrogen (secondary N) is 1. The van der Waals surface area contributed by atoms with Gasteiger partial charge in [0.1, 0.15) is 10.8 Å². The van der Waals surface area contributed by atoms with Gasteiger partial charge in [-0.15, -0.1) is 16.8 Å². The topological polar surface area (TPSA) is 89.0 Å². The number of aromatic nitrogens is 2. The Balaban J connectivity index is 1.92. The highest BCUT2D eigenvalue weighted by atomic mass is 32.2. The van der Waals surface area contributed by atoms with Gasteiger partial charge in [0.2, 0.25) is 11.0 Å². The van der Waals surface area contributed by atoms with Gasteiger partial charge < -0.3 is 0 Å². The van der Waals surface area contributed by atoms with Crippen molar-refractivity contribution in [3.63, 3.8) is 0 Å². The third kappa shape index (κ3) is 4.89. The van der Waals surface area contributed by atoms with E-state index in [0.29, 0.717) is 11.0 Å². The number of rotatable bonds is 6. The highest BCUT2D eigenvalue weighted by Crippen LogP contribution is 2.35. The normalized spacial score (nSPS) is 16.6. The molecule has 0 radical (unpaired) electrons. The first-order chi connectivity index (χ1) is 10.00. The molecular formula is C13H19N3O3S2. The molecule has 0 unspecified atom stereocenters. The molecule has 8 heteroatoms. The van der Waals surface area contributed by atoms with E-state index in [-0.39, 0.29) is 5.75 Å². The average Bonchev–Trinajstić information content (AvgIpc) is 2.87. The zero-order valence-corrected chi connectivity index (χ0v) is 13.4. The van der Waals surface area contributed by atoms with Crippen LogP contribution in [0.15, 0.2) is 12.7 Å². The van der Waals surface area contributed by atoms with Gasteiger partial charge in [-0.2, -0.15) is 0 Å². The van der Waals surface area contributed by atoms with Gasteiger partial charge in [0.15, 0.2) is 9.84 Å². The zero-order valence-electron chi connectivity index (χ0n) is 11.7. The van der Waals surface area contributed by atoms with E-state index in [4.69, 9.17) is 0 Å². The summed E-state index contributed by atoms with van der Waals surface area (Å²) in [7, 11) is -3.44. The minimum absolute atomic E-state index is 0.205. The monoisotopic (exact) mass is 329 g/mol. The van der Waals surface area contributed by atoms with Gasteiger partial charge in [-0.05, 0) is 12.8 Å². The van der Waals surface area contributed by atoms with Gasteiger partial charge in [-0.3, -0.25) is 10.1 Å². The molecule has 0 bridgehead atoms. The van der Waals surface area contributed by atoms with Crippen LogP contribution < -0.4 is 5.32 Å². The number of carbonyl (C=O) groups is 1. The molecule has 1 amide bonds. The Labute approximate surface area is 128 Å². The van der Waals surface area contributed by atoms with Crippen molar-refractivity contribution in [1.82, 2.24) is 10.2 Å². The molecule has 0 aliphatic heterocycles. The van der Waals surface area contributed by atoms with Crippen LogP contribution >= 0.6 is 11.3 Å². The molecule has 0 aromatic carbocycles. The van der Waals surface area contributed by atoms with E-state index in [1.54, 1.807) is 0 Å². The molecule has 1 aromatic rings. The van der Waals surface area contributed by atoms with Crippen LogP contribution in [0, 0.1) is 0 Å². The standard InChI is InChI=1S/C13H19N3O3S2/c1-2-8-21(18,19)9-11(17)14-13-16-15-12(20-13)10-6-4-3-5-7-10/h2,10H,1,3-9H2,(H,14,16,17). The van der Waals surface area contributed by atoms with E-state index < -0.39 is 21.5 Å². The molecule has 1 N–H and O–H groups in total. The first-order valence-electron chi connectivity index (χ1n) is 6.95. The first-order valence-corrected chi connectivity index (χ1v) is 9.58. The summed E-state index contributed by atoms with van der Waals surface area (Å²) in [5.41, 5.74) is 0. The van der Waals surface area contributed by atoms with E-state index in [9.17, 15) is 13.2 Å². The maximum absolute atomic E-state index is 11.7. The minimum atomic E-state index is -3.44. The number of carbonyl (C=O) groups excluding carboxylic acids is 1. The summed E-state index contributed by atoms with van der Waals surface area (Å²) in [5.74, 6) is -0.920. The molecule has 1 saturated carbocycles. The quantitative estimate of drug-likeness (QED) is 0.808. The fraction of sp³-hybridized carbons (Fsp3) is 0.615. The second kappa shape index (κ2) is 7.13. The van der Waals surface area contributed by atoms with Crippen LogP contribution in [0.1, 0.15) is 43.0 Å². The Morgan fingerprint density at radius 1 is 1.33 bits per heavy atom. The Morgan fingerprint density at radius 3 is 2.71 bits per heavy atom. The first kappa shape index (κ1) is 16.1. The second-order valence-corrected chi connectivity index (χ2v) is 8.29. The summed E-state index contributed by atoms with van der Waals surface area (Å²) in [6.07, 6.45) is 7.15. The van der Waals surface area contributed by atoms with E-state index >= 15 is 0 Å². The molecule has 6 nitrogen and oxygen atoms in total. The zero-order chi connectivity index (χ0) is 15.3. The largest absolute Gasteiger partial charge is 0.300 e. The third-order valence-electron chi connectivity index (χ3n) is 3.36. The predicted molar refractivity (Wildman–Crippen MR) is 83.2 cm³/mol. The molecule has 1 fully saturated rings. The molecule has 1 aromatic heterocycles. The van der Waals surface area contributed by atoms with Crippen molar-refractivity contribution in [3.8, 4) is 0 Å². The van der Waals surface area contributed by atoms with Gasteiger partial charge in [-0.25, -0.2) is 8.42 Å². The van der Waals surface area contributed by atoms with Crippen molar-refractivity contribution in [2.45, 2.75) is 38.0 Å². The van der Waals surface area contributed by atoms with Gasteiger partial charge in [-0.1, -0.05) is 36.7 Å². The lowest BCUT2D eigenvalue weighted by Gasteiger charge is -2.18. The summed E-state index contributed by atoms with van der Waals surface area (Å²) in [5, 5.41) is 11.9. The maximum Gasteiger partial charge on any atom is 0.241 e. The van der Waals surface area contributed by atoms with Gasteiger partial charge >= 0.3 is 0 Å². The molecule has 0 spiro atoms. The van der Waals surface area contributed by atoms with Crippen molar-refractivity contribution in [2.24, 2.45) is 0 Å². The minimum Gasteiger partial charge on any atom is -0.300 e. The van der Waals surface area contributed by atoms with Crippen LogP contribution in [0.25, 0.3) is 0 Å². The molecule has 0 saturated heterocycles. The van der Waals surface area contributed by atoms with Crippen molar-refractivity contribution in [2.75, 3.05) is 16.8 Å². The molecule has 1 aliphatic rings. The van der Waals surface area contributed by atoms with Crippen LogP contribution in [0.5, 0.6) is 0 Å². The fourth-order valence-electron chi connectivity index (χ4n) is 2.39. The summed E-state index contributed by atoms with van der Waals surface area (Å²) in [4.78, 5) is 11.7. The number of sulfone groups is 1. The molecule has 1 aliphatic carbocycles. The van der Waals surface area contributed by atoms with Crippen LogP contribution in [0.4, 0.5) is 5.13 Å². The van der Waals surface area contributed by atoms with Crippen molar-refractivity contribution in [3.05, 3.63) is 17.7 Å². The lowest BCUT2D eigenvalue weighted by Crippen LogP contribution is -2.24. The van der Waals surface area contributed by atoms with Gasteiger partial charge in [0.25, 0.3) is 0 Å². The van der Waals surface area contributed by atoms with E-state index in [1.807, 2.05) is 0 Å². The van der Waals surface area contributed by atoms with E-state index in [1.165, 1.54) is 36.7 Å². The number of hydrogen-bond acceptors (Lipinski definition) is 6. The summed E-state index contributed by atoms with van der Waals surface area (Å²) < 4.78 is 23.0. The van der Waals surface area contributed by atoms with Crippen LogP contribution in [0.2, 0.25) is 0 Å². The Bertz CT molecular complexity index is 604. The van der Waals surface area contributed by atoms with E-state index in [0.717, 1.165) is 17.8 Å². The molecule has 1 heterocycles. The molecule has 2 rings (SSSR count). The predicted octanol–water partition coefficient (Wildman–Crippen LogP) is 2.13. The fourth-order valence-corrected chi connectivity index (χ4v) is 4.27. The summed E-state index contributed by atoms with van der Waals surface area (Å²) >= 11 is 1.34. The highest BCUT2D eigenvalue weighted by Gasteiger charge is 2.21. The highest BCUT2D eigenvalue weighted by molar-refractivity contribution is 7.92. The SMILES string of the molecule is C=CCS(=O)(=O)CC(=O)Nc1nnc(C2CCCCC2)s1. The van der Waals surface area contributed by atoms with E-state index in [2.05, 4.69) is 22.1 Å². The molecule has 21 heavy (non-hydrogen) atoms. The van der Waals surface area contributed by atoms with Crippen molar-refractivity contribution >= 4 is 32.2 Å². The lowest BCUT2D eigenvalue weighted by molar-refractivity contribution is -0.113. The van der Waals surface area contributed by atoms with Gasteiger partial charge in [0.05, 0.1) is 5.75 Å². The van der Waals surface area contributed by atoms with Crippen molar-refractivity contribution in [1.29, 1.82) is 0 Å².